The quantitative estimate of drug-likeness (QED) is 0.530. The van der Waals surface area contributed by atoms with E-state index in [1.54, 1.807) is 12.1 Å². The minimum Gasteiger partial charge on any atom is -0.354 e. The van der Waals surface area contributed by atoms with Crippen LogP contribution in [0.4, 0.5) is 20.6 Å². The van der Waals surface area contributed by atoms with Crippen molar-refractivity contribution in [1.82, 2.24) is 5.32 Å². The van der Waals surface area contributed by atoms with E-state index in [0.717, 1.165) is 24.8 Å². The van der Waals surface area contributed by atoms with E-state index in [1.165, 1.54) is 17.0 Å². The van der Waals surface area contributed by atoms with Gasteiger partial charge in [0.2, 0.25) is 5.91 Å². The molecule has 0 bridgehead atoms. The van der Waals surface area contributed by atoms with Gasteiger partial charge >= 0.3 is 6.03 Å². The summed E-state index contributed by atoms with van der Waals surface area (Å²) in [6.45, 7) is 3.16. The summed E-state index contributed by atoms with van der Waals surface area (Å²) in [5.74, 6) is -0.432. The average Bonchev–Trinajstić information content (AvgIpc) is 2.71. The molecule has 0 aliphatic carbocycles. The fourth-order valence-electron chi connectivity index (χ4n) is 2.80. The second kappa shape index (κ2) is 11.8. The van der Waals surface area contributed by atoms with Gasteiger partial charge in [-0.2, -0.15) is 0 Å². The van der Waals surface area contributed by atoms with Gasteiger partial charge in [0.05, 0.1) is 0 Å². The van der Waals surface area contributed by atoms with E-state index in [4.69, 9.17) is 5.73 Å². The van der Waals surface area contributed by atoms with Gasteiger partial charge in [-0.3, -0.25) is 9.69 Å². The second-order valence-electron chi connectivity index (χ2n) is 6.87. The molecular formula is C22H29FN4O2. The first-order valence-corrected chi connectivity index (χ1v) is 9.87. The molecule has 0 radical (unpaired) electrons. The molecule has 0 heterocycles. The topological polar surface area (TPSA) is 87.5 Å². The number of benzene rings is 2. The van der Waals surface area contributed by atoms with Gasteiger partial charge in [-0.25, -0.2) is 9.18 Å². The predicted octanol–water partition coefficient (Wildman–Crippen LogP) is 3.81. The first kappa shape index (κ1) is 22.4. The number of hydrogen-bond donors (Lipinski definition) is 3. The smallest absolute Gasteiger partial charge is 0.326 e. The first-order chi connectivity index (χ1) is 14.0. The molecule has 0 aliphatic rings. The zero-order valence-corrected chi connectivity index (χ0v) is 16.8. The molecule has 6 nitrogen and oxygen atoms in total. The molecule has 0 saturated heterocycles. The molecule has 4 N–H and O–H groups in total. The van der Waals surface area contributed by atoms with Gasteiger partial charge in [0, 0.05) is 30.9 Å². The van der Waals surface area contributed by atoms with Gasteiger partial charge in [-0.05, 0) is 62.7 Å². The van der Waals surface area contributed by atoms with Crippen molar-refractivity contribution in [2.45, 2.75) is 32.6 Å². The highest BCUT2D eigenvalue weighted by Crippen LogP contribution is 2.17. The lowest BCUT2D eigenvalue weighted by atomic mass is 10.2. The number of unbranched alkanes of at least 4 members (excludes halogenated alkanes) is 2. The molecule has 156 valence electrons. The number of hydrogen-bond acceptors (Lipinski definition) is 3. The van der Waals surface area contributed by atoms with Crippen LogP contribution in [-0.2, 0) is 4.79 Å². The third-order valence-electron chi connectivity index (χ3n) is 4.45. The van der Waals surface area contributed by atoms with E-state index in [2.05, 4.69) is 10.6 Å². The second-order valence-corrected chi connectivity index (χ2v) is 6.87. The number of aryl methyl sites for hydroxylation is 1. The van der Waals surface area contributed by atoms with E-state index < -0.39 is 0 Å². The van der Waals surface area contributed by atoms with Crippen molar-refractivity contribution in [3.05, 3.63) is 59.9 Å². The molecule has 0 aliphatic heterocycles. The number of halogens is 1. The predicted molar refractivity (Wildman–Crippen MR) is 114 cm³/mol. The number of carbonyl (C=O) groups excluding carboxylic acids is 2. The molecule has 2 aromatic carbocycles. The SMILES string of the molecule is Cc1ccc(NC(=O)N(CCNC(=O)CCCCCN)c2ccc(F)cc2)cc1. The third kappa shape index (κ3) is 7.91. The summed E-state index contributed by atoms with van der Waals surface area (Å²) >= 11 is 0. The fourth-order valence-corrected chi connectivity index (χ4v) is 2.80. The van der Waals surface area contributed by atoms with Crippen LogP contribution in [0.1, 0.15) is 31.2 Å². The Morgan fingerprint density at radius 3 is 2.34 bits per heavy atom. The normalized spacial score (nSPS) is 10.4. The minimum atomic E-state index is -0.376. The Morgan fingerprint density at radius 2 is 1.69 bits per heavy atom. The van der Waals surface area contributed by atoms with Crippen molar-refractivity contribution in [3.8, 4) is 0 Å². The van der Waals surface area contributed by atoms with Crippen molar-refractivity contribution >= 4 is 23.3 Å². The number of urea groups is 1. The van der Waals surface area contributed by atoms with Crippen LogP contribution in [0, 0.1) is 12.7 Å². The summed E-state index contributed by atoms with van der Waals surface area (Å²) < 4.78 is 13.3. The zero-order chi connectivity index (χ0) is 21.1. The Balaban J connectivity index is 1.96. The van der Waals surface area contributed by atoms with Gasteiger partial charge < -0.3 is 16.4 Å². The maximum atomic E-state index is 13.3. The maximum Gasteiger partial charge on any atom is 0.326 e. The maximum absolute atomic E-state index is 13.3. The van der Waals surface area contributed by atoms with Crippen LogP contribution in [-0.4, -0.2) is 31.6 Å². The Bertz CT molecular complexity index is 778. The molecule has 0 atom stereocenters. The molecule has 3 amide bonds. The van der Waals surface area contributed by atoms with Crippen molar-refractivity contribution in [1.29, 1.82) is 0 Å². The van der Waals surface area contributed by atoms with E-state index in [-0.39, 0.29) is 24.3 Å². The van der Waals surface area contributed by atoms with Crippen LogP contribution >= 0.6 is 0 Å². The molecule has 0 fully saturated rings. The number of carbonyl (C=O) groups is 2. The van der Waals surface area contributed by atoms with E-state index in [1.807, 2.05) is 31.2 Å². The molecule has 0 aromatic heterocycles. The highest BCUT2D eigenvalue weighted by Gasteiger charge is 2.16. The van der Waals surface area contributed by atoms with Crippen molar-refractivity contribution in [2.75, 3.05) is 29.9 Å². The number of nitrogens with one attached hydrogen (secondary N) is 2. The molecule has 0 saturated carbocycles. The van der Waals surface area contributed by atoms with E-state index in [9.17, 15) is 14.0 Å². The number of anilines is 2. The fraction of sp³-hybridized carbons (Fsp3) is 0.364. The highest BCUT2D eigenvalue weighted by atomic mass is 19.1. The van der Waals surface area contributed by atoms with Gasteiger partial charge in [0.1, 0.15) is 5.82 Å². The average molecular weight is 400 g/mol. The summed E-state index contributed by atoms with van der Waals surface area (Å²) in [5, 5.41) is 5.67. The number of amides is 3. The van der Waals surface area contributed by atoms with Gasteiger partial charge in [0.25, 0.3) is 0 Å². The Hall–Kier alpha value is -2.93. The summed E-state index contributed by atoms with van der Waals surface area (Å²) in [7, 11) is 0. The van der Waals surface area contributed by atoms with Gasteiger partial charge in [-0.15, -0.1) is 0 Å². The zero-order valence-electron chi connectivity index (χ0n) is 16.8. The monoisotopic (exact) mass is 400 g/mol. The molecule has 2 aromatic rings. The molecule has 29 heavy (non-hydrogen) atoms. The molecule has 2 rings (SSSR count). The van der Waals surface area contributed by atoms with Crippen molar-refractivity contribution < 1.29 is 14.0 Å². The lowest BCUT2D eigenvalue weighted by Crippen LogP contribution is -2.41. The molecule has 0 spiro atoms. The van der Waals surface area contributed by atoms with Crippen LogP contribution in [0.3, 0.4) is 0 Å². The largest absolute Gasteiger partial charge is 0.354 e. The Labute approximate surface area is 171 Å². The Kier molecular flexibility index (Phi) is 9.11. The summed E-state index contributed by atoms with van der Waals surface area (Å²) in [6.07, 6.45) is 3.06. The lowest BCUT2D eigenvalue weighted by molar-refractivity contribution is -0.121. The van der Waals surface area contributed by atoms with Crippen LogP contribution in [0.25, 0.3) is 0 Å². The summed E-state index contributed by atoms with van der Waals surface area (Å²) in [6, 6.07) is 12.8. The first-order valence-electron chi connectivity index (χ1n) is 9.87. The van der Waals surface area contributed by atoms with Crippen LogP contribution in [0.5, 0.6) is 0 Å². The molecular weight excluding hydrogens is 371 g/mol. The van der Waals surface area contributed by atoms with E-state index >= 15 is 0 Å². The lowest BCUT2D eigenvalue weighted by Gasteiger charge is -2.23. The van der Waals surface area contributed by atoms with E-state index in [0.29, 0.717) is 30.9 Å². The number of nitrogens with two attached hydrogens (primary N) is 1. The molecule has 0 unspecified atom stereocenters. The summed E-state index contributed by atoms with van der Waals surface area (Å²) in [4.78, 5) is 26.2. The third-order valence-corrected chi connectivity index (χ3v) is 4.45. The minimum absolute atomic E-state index is 0.0555. The van der Waals surface area contributed by atoms with Crippen molar-refractivity contribution in [3.63, 3.8) is 0 Å². The number of nitrogens with zero attached hydrogens (tertiary/aromatic N) is 1. The van der Waals surface area contributed by atoms with Crippen LogP contribution < -0.4 is 21.3 Å². The van der Waals surface area contributed by atoms with Gasteiger partial charge in [-0.1, -0.05) is 24.1 Å². The Morgan fingerprint density at radius 1 is 1.00 bits per heavy atom. The summed E-state index contributed by atoms with van der Waals surface area (Å²) in [5.41, 5.74) is 7.75. The number of rotatable bonds is 10. The molecule has 7 heteroatoms. The highest BCUT2D eigenvalue weighted by molar-refractivity contribution is 6.01. The van der Waals surface area contributed by atoms with Crippen LogP contribution in [0.2, 0.25) is 0 Å². The standard InChI is InChI=1S/C22H29FN4O2/c1-17-6-10-19(11-7-17)26-22(29)27(20-12-8-18(23)9-13-20)16-15-25-21(28)5-3-2-4-14-24/h6-13H,2-5,14-16,24H2,1H3,(H,25,28)(H,26,29). The van der Waals surface area contributed by atoms with Crippen molar-refractivity contribution in [2.24, 2.45) is 5.73 Å². The van der Waals surface area contributed by atoms with Crippen LogP contribution in [0.15, 0.2) is 48.5 Å². The van der Waals surface area contributed by atoms with Gasteiger partial charge in [0.15, 0.2) is 0 Å².